The van der Waals surface area contributed by atoms with Crippen molar-refractivity contribution in [3.05, 3.63) is 29.8 Å². The number of halogens is 4. The quantitative estimate of drug-likeness (QED) is 0.600. The van der Waals surface area contributed by atoms with Gasteiger partial charge in [0.2, 0.25) is 0 Å². The molecule has 0 saturated carbocycles. The first-order valence-corrected chi connectivity index (χ1v) is 8.81. The second-order valence-electron chi connectivity index (χ2n) is 6.35. The van der Waals surface area contributed by atoms with Gasteiger partial charge in [0.25, 0.3) is 0 Å². The van der Waals surface area contributed by atoms with E-state index in [2.05, 4.69) is 26.0 Å². The molecule has 2 N–H and O–H groups in total. The van der Waals surface area contributed by atoms with Crippen molar-refractivity contribution in [2.45, 2.75) is 49.2 Å². The van der Waals surface area contributed by atoms with E-state index in [4.69, 9.17) is 16.3 Å². The maximum atomic E-state index is 13.4. The number of alkyl carbamates (subject to hydrolysis) is 1. The van der Waals surface area contributed by atoms with Gasteiger partial charge in [0, 0.05) is 6.42 Å². The fourth-order valence-electron chi connectivity index (χ4n) is 1.78. The highest BCUT2D eigenvalue weighted by Crippen LogP contribution is 2.31. The van der Waals surface area contributed by atoms with Crippen LogP contribution in [-0.2, 0) is 16.0 Å². The largest absolute Gasteiger partial charge is 0.480 e. The number of hydrogen-bond acceptors (Lipinski definition) is 4. The van der Waals surface area contributed by atoms with Crippen LogP contribution in [0.15, 0.2) is 24.3 Å². The number of hydrogen-bond donors (Lipinski definition) is 2. The number of alkyl halides is 4. The second kappa shape index (κ2) is 8.85. The van der Waals surface area contributed by atoms with Gasteiger partial charge in [-0.1, -0.05) is 39.7 Å². The third-order valence-electron chi connectivity index (χ3n) is 2.86. The van der Waals surface area contributed by atoms with Crippen LogP contribution in [0, 0.1) is 0 Å². The van der Waals surface area contributed by atoms with Crippen molar-refractivity contribution in [2.75, 3.05) is 0 Å². The van der Waals surface area contributed by atoms with Crippen LogP contribution in [0.4, 0.5) is 13.6 Å². The minimum atomic E-state index is -3.62. The number of carboxylic acids is 1. The van der Waals surface area contributed by atoms with E-state index in [1.807, 2.05) is 0 Å². The predicted octanol–water partition coefficient (Wildman–Crippen LogP) is 4.14. The molecule has 10 heteroatoms. The minimum absolute atomic E-state index is 0.0676. The van der Waals surface area contributed by atoms with Crippen molar-refractivity contribution in [3.63, 3.8) is 0 Å². The zero-order valence-electron chi connectivity index (χ0n) is 14.3. The van der Waals surface area contributed by atoms with E-state index in [1.165, 1.54) is 24.3 Å². The molecule has 2 atom stereocenters. The molecular formula is C16H19BrClF2NO5. The fraction of sp³-hybridized carbons (Fsp3) is 0.500. The Bertz CT molecular complexity index is 635. The third kappa shape index (κ3) is 7.74. The molecule has 0 radical (unpaired) electrons. The highest BCUT2D eigenvalue weighted by atomic mass is 79.9. The molecule has 1 aromatic carbocycles. The summed E-state index contributed by atoms with van der Waals surface area (Å²) < 4.78 is 34.6. The first kappa shape index (κ1) is 22.4. The van der Waals surface area contributed by atoms with Crippen molar-refractivity contribution in [1.82, 2.24) is 5.32 Å². The number of ether oxygens (including phenoxy) is 2. The van der Waals surface area contributed by atoms with Gasteiger partial charge in [0.05, 0.1) is 0 Å². The molecule has 0 spiro atoms. The van der Waals surface area contributed by atoms with Gasteiger partial charge in [-0.15, -0.1) is 0 Å². The van der Waals surface area contributed by atoms with E-state index < -0.39 is 34.1 Å². The molecule has 0 aliphatic heterocycles. The lowest BCUT2D eigenvalue weighted by Gasteiger charge is -2.22. The molecule has 0 fully saturated rings. The molecule has 6 nitrogen and oxygen atoms in total. The number of benzene rings is 1. The average Bonchev–Trinajstić information content (AvgIpc) is 2.46. The van der Waals surface area contributed by atoms with Crippen LogP contribution in [0.3, 0.4) is 0 Å². The summed E-state index contributed by atoms with van der Waals surface area (Å²) in [5, 5.41) is 11.5. The van der Waals surface area contributed by atoms with Crippen LogP contribution in [0.25, 0.3) is 0 Å². The monoisotopic (exact) mass is 457 g/mol. The highest BCUT2D eigenvalue weighted by Gasteiger charge is 2.39. The van der Waals surface area contributed by atoms with Gasteiger partial charge in [-0.2, -0.15) is 8.78 Å². The van der Waals surface area contributed by atoms with Crippen LogP contribution in [0.2, 0.25) is 0 Å². The van der Waals surface area contributed by atoms with Crippen LogP contribution >= 0.6 is 27.5 Å². The molecule has 0 saturated heterocycles. The maximum absolute atomic E-state index is 13.4. The molecule has 0 aliphatic carbocycles. The Hall–Kier alpha value is -1.61. The van der Waals surface area contributed by atoms with E-state index in [9.17, 15) is 23.5 Å². The topological polar surface area (TPSA) is 84.9 Å². The molecule has 1 aromatic rings. The molecule has 26 heavy (non-hydrogen) atoms. The van der Waals surface area contributed by atoms with Crippen molar-refractivity contribution < 1.29 is 33.0 Å². The van der Waals surface area contributed by atoms with Gasteiger partial charge >= 0.3 is 18.2 Å². The number of aliphatic carboxylic acids is 1. The number of rotatable bonds is 7. The van der Waals surface area contributed by atoms with E-state index in [1.54, 1.807) is 20.8 Å². The van der Waals surface area contributed by atoms with Crippen molar-refractivity contribution in [1.29, 1.82) is 0 Å². The highest BCUT2D eigenvalue weighted by molar-refractivity contribution is 9.10. The summed E-state index contributed by atoms with van der Waals surface area (Å²) in [6.07, 6.45) is -4.55. The zero-order chi connectivity index (χ0) is 20.1. The van der Waals surface area contributed by atoms with Gasteiger partial charge < -0.3 is 19.9 Å². The molecule has 1 amide bonds. The maximum Gasteiger partial charge on any atom is 0.424 e. The molecule has 1 rings (SSSR count). The molecule has 0 aliphatic rings. The Labute approximate surface area is 162 Å². The van der Waals surface area contributed by atoms with Crippen LogP contribution in [0.5, 0.6) is 5.75 Å². The summed E-state index contributed by atoms with van der Waals surface area (Å²) in [5.41, 5.74) is -0.280. The molecule has 0 bridgehead atoms. The van der Waals surface area contributed by atoms with Gasteiger partial charge in [-0.05, 0) is 38.5 Å². The zero-order valence-corrected chi connectivity index (χ0v) is 16.6. The molecule has 0 heterocycles. The molecule has 146 valence electrons. The summed E-state index contributed by atoms with van der Waals surface area (Å²) in [6, 6.07) is 4.09. The molecule has 0 aromatic heterocycles. The van der Waals surface area contributed by atoms with E-state index in [-0.39, 0.29) is 12.2 Å². The summed E-state index contributed by atoms with van der Waals surface area (Å²) in [4.78, 5) is 23.0. The lowest BCUT2D eigenvalue weighted by molar-refractivity contribution is -0.161. The normalized spacial score (nSPS) is 14.3. The number of carbonyl (C=O) groups is 2. The standard InChI is InChI=1S/C16H19BrClF2NO5/c1-15(2,3)26-14(24)21-11(12(22)23)8-9-4-6-10(7-5-9)25-16(19,20)13(17)18/h4-7,11,13H,8H2,1-3H3,(H,21,24)(H,22,23)/t11-,13-/m0/s1. The average molecular weight is 459 g/mol. The van der Waals surface area contributed by atoms with Crippen molar-refractivity contribution in [2.24, 2.45) is 0 Å². The Balaban J connectivity index is 2.75. The van der Waals surface area contributed by atoms with E-state index in [0.717, 1.165) is 0 Å². The Kier molecular flexibility index (Phi) is 7.64. The summed E-state index contributed by atoms with van der Waals surface area (Å²) in [7, 11) is 0. The second-order valence-corrected chi connectivity index (χ2v) is 8.23. The van der Waals surface area contributed by atoms with Crippen molar-refractivity contribution >= 4 is 39.6 Å². The predicted molar refractivity (Wildman–Crippen MR) is 95.1 cm³/mol. The number of amides is 1. The summed E-state index contributed by atoms with van der Waals surface area (Å²) in [5.74, 6) is -1.40. The Morgan fingerprint density at radius 1 is 1.27 bits per heavy atom. The van der Waals surface area contributed by atoms with E-state index in [0.29, 0.717) is 5.56 Å². The van der Waals surface area contributed by atoms with Gasteiger partial charge in [0.1, 0.15) is 17.4 Å². The smallest absolute Gasteiger partial charge is 0.424 e. The molecule has 0 unspecified atom stereocenters. The van der Waals surface area contributed by atoms with E-state index >= 15 is 0 Å². The minimum Gasteiger partial charge on any atom is -0.480 e. The van der Waals surface area contributed by atoms with Crippen LogP contribution in [-0.4, -0.2) is 39.2 Å². The molecular weight excluding hydrogens is 440 g/mol. The first-order valence-electron chi connectivity index (χ1n) is 7.46. The lowest BCUT2D eigenvalue weighted by atomic mass is 10.1. The third-order valence-corrected chi connectivity index (χ3v) is 3.65. The summed E-state index contributed by atoms with van der Waals surface area (Å²) >= 11 is 7.81. The Morgan fingerprint density at radius 3 is 2.23 bits per heavy atom. The van der Waals surface area contributed by atoms with Crippen molar-refractivity contribution in [3.8, 4) is 5.75 Å². The first-order chi connectivity index (χ1) is 11.8. The SMILES string of the molecule is CC(C)(C)OC(=O)N[C@@H](Cc1ccc(OC(F)(F)[C@H](Cl)Br)cc1)C(=O)O. The number of nitrogens with one attached hydrogen (secondary N) is 1. The van der Waals surface area contributed by atoms with Gasteiger partial charge in [0.15, 0.2) is 4.29 Å². The van der Waals surface area contributed by atoms with Gasteiger partial charge in [-0.25, -0.2) is 9.59 Å². The lowest BCUT2D eigenvalue weighted by Crippen LogP contribution is -2.44. The van der Waals surface area contributed by atoms with Crippen LogP contribution < -0.4 is 10.1 Å². The van der Waals surface area contributed by atoms with Crippen LogP contribution in [0.1, 0.15) is 26.3 Å². The Morgan fingerprint density at radius 2 is 1.81 bits per heavy atom. The fourth-order valence-corrected chi connectivity index (χ4v) is 1.92. The number of carboxylic acid groups (broad SMARTS) is 1. The summed E-state index contributed by atoms with van der Waals surface area (Å²) in [6.45, 7) is 4.94. The number of carbonyl (C=O) groups excluding carboxylic acids is 1. The van der Waals surface area contributed by atoms with Gasteiger partial charge in [-0.3, -0.25) is 0 Å².